The zero-order chi connectivity index (χ0) is 21.5. The van der Waals surface area contributed by atoms with Crippen molar-refractivity contribution in [3.05, 3.63) is 64.2 Å². The third-order valence-electron chi connectivity index (χ3n) is 5.31. The second-order valence-corrected chi connectivity index (χ2v) is 7.69. The van der Waals surface area contributed by atoms with Gasteiger partial charge in [0.15, 0.2) is 6.10 Å². The van der Waals surface area contributed by atoms with Crippen molar-refractivity contribution in [2.24, 2.45) is 0 Å². The van der Waals surface area contributed by atoms with Crippen molar-refractivity contribution in [1.82, 2.24) is 9.80 Å². The van der Waals surface area contributed by atoms with E-state index in [1.54, 1.807) is 23.1 Å². The second kappa shape index (κ2) is 7.83. The van der Waals surface area contributed by atoms with Crippen molar-refractivity contribution in [1.29, 1.82) is 0 Å². The molecule has 2 aliphatic rings. The van der Waals surface area contributed by atoms with Gasteiger partial charge in [-0.25, -0.2) is 0 Å². The molecule has 0 radical (unpaired) electrons. The third-order valence-corrected chi connectivity index (χ3v) is 5.55. The van der Waals surface area contributed by atoms with E-state index in [1.165, 1.54) is 17.0 Å². The maximum absolute atomic E-state index is 12.8. The van der Waals surface area contributed by atoms with Crippen molar-refractivity contribution < 1.29 is 27.5 Å². The highest BCUT2D eigenvalue weighted by Crippen LogP contribution is 2.32. The van der Waals surface area contributed by atoms with Gasteiger partial charge in [-0.2, -0.15) is 13.2 Å². The van der Waals surface area contributed by atoms with E-state index in [-0.39, 0.29) is 17.4 Å². The lowest BCUT2D eigenvalue weighted by molar-refractivity contribution is -0.139. The van der Waals surface area contributed by atoms with Gasteiger partial charge in [-0.3, -0.25) is 9.59 Å². The van der Waals surface area contributed by atoms with Gasteiger partial charge in [0.05, 0.1) is 5.56 Å². The molecule has 0 aliphatic carbocycles. The molecule has 1 fully saturated rings. The fraction of sp³-hybridized carbons (Fsp3) is 0.333. The van der Waals surface area contributed by atoms with E-state index in [0.717, 1.165) is 17.7 Å². The van der Waals surface area contributed by atoms with Gasteiger partial charge < -0.3 is 14.5 Å². The maximum atomic E-state index is 12.8. The molecule has 2 aromatic carbocycles. The van der Waals surface area contributed by atoms with Crippen LogP contribution in [0, 0.1) is 0 Å². The Balaban J connectivity index is 1.34. The molecular weight excluding hydrogens is 421 g/mol. The fourth-order valence-electron chi connectivity index (χ4n) is 3.67. The van der Waals surface area contributed by atoms with Gasteiger partial charge in [0.2, 0.25) is 0 Å². The summed E-state index contributed by atoms with van der Waals surface area (Å²) in [6, 6.07) is 9.38. The summed E-state index contributed by atoms with van der Waals surface area (Å²) in [5, 5.41) is 0.584. The number of carbonyl (C=O) groups excluding carboxylic acids is 2. The van der Waals surface area contributed by atoms with Crippen LogP contribution in [0.2, 0.25) is 5.02 Å². The number of hydrogen-bond acceptors (Lipinski definition) is 3. The van der Waals surface area contributed by atoms with Gasteiger partial charge in [0.25, 0.3) is 11.8 Å². The smallest absolute Gasteiger partial charge is 0.416 e. The molecule has 0 saturated carbocycles. The van der Waals surface area contributed by atoms with Crippen LogP contribution >= 0.6 is 11.6 Å². The van der Waals surface area contributed by atoms with E-state index in [1.807, 2.05) is 0 Å². The van der Waals surface area contributed by atoms with Crippen molar-refractivity contribution >= 4 is 23.4 Å². The molecule has 0 aromatic heterocycles. The van der Waals surface area contributed by atoms with Crippen molar-refractivity contribution in [2.75, 3.05) is 26.2 Å². The van der Waals surface area contributed by atoms with Gasteiger partial charge in [0.1, 0.15) is 5.75 Å². The standard InChI is InChI=1S/C21H18ClF3N2O3/c22-16-5-6-17-14(11-16)12-18(30-17)20(29)27-9-7-26(8-10-27)19(28)13-1-3-15(4-2-13)21(23,24)25/h1-6,11,18H,7-10,12H2. The lowest BCUT2D eigenvalue weighted by Gasteiger charge is -2.35. The minimum Gasteiger partial charge on any atom is -0.480 e. The summed E-state index contributed by atoms with van der Waals surface area (Å²) in [5.41, 5.74) is 0.277. The van der Waals surface area contributed by atoms with Gasteiger partial charge in [0, 0.05) is 43.2 Å². The van der Waals surface area contributed by atoms with E-state index in [0.29, 0.717) is 43.4 Å². The highest BCUT2D eigenvalue weighted by atomic mass is 35.5. The Morgan fingerprint density at radius 1 is 0.967 bits per heavy atom. The molecule has 1 saturated heterocycles. The largest absolute Gasteiger partial charge is 0.480 e. The first-order chi connectivity index (χ1) is 14.2. The molecule has 4 rings (SSSR count). The summed E-state index contributed by atoms with van der Waals surface area (Å²) in [7, 11) is 0. The van der Waals surface area contributed by atoms with Crippen LogP contribution < -0.4 is 4.74 Å². The van der Waals surface area contributed by atoms with E-state index in [9.17, 15) is 22.8 Å². The van der Waals surface area contributed by atoms with E-state index in [2.05, 4.69) is 0 Å². The van der Waals surface area contributed by atoms with Crippen LogP contribution in [0.3, 0.4) is 0 Å². The number of nitrogens with zero attached hydrogens (tertiary/aromatic N) is 2. The molecule has 2 aromatic rings. The topological polar surface area (TPSA) is 49.9 Å². The molecule has 9 heteroatoms. The number of rotatable bonds is 2. The number of fused-ring (bicyclic) bond motifs is 1. The average Bonchev–Trinajstić information content (AvgIpc) is 3.15. The maximum Gasteiger partial charge on any atom is 0.416 e. The molecule has 0 bridgehead atoms. The summed E-state index contributed by atoms with van der Waals surface area (Å²) in [4.78, 5) is 28.6. The quantitative estimate of drug-likeness (QED) is 0.719. The number of amides is 2. The summed E-state index contributed by atoms with van der Waals surface area (Å²) in [5.74, 6) is 0.146. The SMILES string of the molecule is O=C(c1ccc(C(F)(F)F)cc1)N1CCN(C(=O)C2Cc3cc(Cl)ccc3O2)CC1. The fourth-order valence-corrected chi connectivity index (χ4v) is 3.87. The first kappa shape index (κ1) is 20.5. The molecule has 5 nitrogen and oxygen atoms in total. The highest BCUT2D eigenvalue weighted by Gasteiger charge is 2.35. The Morgan fingerprint density at radius 3 is 2.23 bits per heavy atom. The van der Waals surface area contributed by atoms with Crippen LogP contribution in [0.5, 0.6) is 5.75 Å². The lowest BCUT2D eigenvalue weighted by atomic mass is 10.1. The Labute approximate surface area is 176 Å². The molecule has 1 atom stereocenters. The molecule has 0 spiro atoms. The first-order valence-electron chi connectivity index (χ1n) is 9.43. The van der Waals surface area contributed by atoms with Crippen molar-refractivity contribution in [3.8, 4) is 5.75 Å². The number of carbonyl (C=O) groups is 2. The molecule has 30 heavy (non-hydrogen) atoms. The predicted molar refractivity (Wildman–Crippen MR) is 103 cm³/mol. The molecule has 2 aliphatic heterocycles. The number of hydrogen-bond donors (Lipinski definition) is 0. The predicted octanol–water partition coefficient (Wildman–Crippen LogP) is 3.65. The number of piperazine rings is 1. The normalized spacial score (nSPS) is 18.7. The first-order valence-corrected chi connectivity index (χ1v) is 9.80. The number of benzene rings is 2. The van der Waals surface area contributed by atoms with E-state index >= 15 is 0 Å². The van der Waals surface area contributed by atoms with Crippen LogP contribution in [0.25, 0.3) is 0 Å². The summed E-state index contributed by atoms with van der Waals surface area (Å²) < 4.78 is 43.8. The van der Waals surface area contributed by atoms with E-state index in [4.69, 9.17) is 16.3 Å². The van der Waals surface area contributed by atoms with Crippen LogP contribution in [0.1, 0.15) is 21.5 Å². The Morgan fingerprint density at radius 2 is 1.60 bits per heavy atom. The van der Waals surface area contributed by atoms with Gasteiger partial charge >= 0.3 is 6.18 Å². The van der Waals surface area contributed by atoms with Crippen LogP contribution in [0.4, 0.5) is 13.2 Å². The summed E-state index contributed by atoms with van der Waals surface area (Å²) >= 11 is 5.98. The zero-order valence-electron chi connectivity index (χ0n) is 15.8. The second-order valence-electron chi connectivity index (χ2n) is 7.26. The van der Waals surface area contributed by atoms with Gasteiger partial charge in [-0.05, 0) is 48.0 Å². The monoisotopic (exact) mass is 438 g/mol. The molecule has 0 N–H and O–H groups in total. The van der Waals surface area contributed by atoms with Crippen LogP contribution in [0.15, 0.2) is 42.5 Å². The Bertz CT molecular complexity index is 970. The Hall–Kier alpha value is -2.74. The summed E-state index contributed by atoms with van der Waals surface area (Å²) in [6.45, 7) is 1.28. The minimum atomic E-state index is -4.44. The molecule has 1 unspecified atom stereocenters. The molecular formula is C21H18ClF3N2O3. The number of ether oxygens (including phenoxy) is 1. The zero-order valence-corrected chi connectivity index (χ0v) is 16.5. The third kappa shape index (κ3) is 4.09. The number of halogens is 4. The molecule has 158 valence electrons. The van der Waals surface area contributed by atoms with Crippen molar-refractivity contribution in [2.45, 2.75) is 18.7 Å². The van der Waals surface area contributed by atoms with Gasteiger partial charge in [-0.15, -0.1) is 0 Å². The highest BCUT2D eigenvalue weighted by molar-refractivity contribution is 6.30. The van der Waals surface area contributed by atoms with Crippen LogP contribution in [-0.4, -0.2) is 53.9 Å². The summed E-state index contributed by atoms with van der Waals surface area (Å²) in [6.07, 6.45) is -4.61. The van der Waals surface area contributed by atoms with E-state index < -0.39 is 17.8 Å². The van der Waals surface area contributed by atoms with Crippen LogP contribution in [-0.2, 0) is 17.4 Å². The minimum absolute atomic E-state index is 0.149. The molecule has 2 amide bonds. The van der Waals surface area contributed by atoms with Crippen molar-refractivity contribution in [3.63, 3.8) is 0 Å². The molecule has 2 heterocycles. The number of alkyl halides is 3. The average molecular weight is 439 g/mol. The lowest BCUT2D eigenvalue weighted by Crippen LogP contribution is -2.53. The Kier molecular flexibility index (Phi) is 5.36. The van der Waals surface area contributed by atoms with Gasteiger partial charge in [-0.1, -0.05) is 11.6 Å².